The fraction of sp³-hybridized carbons (Fsp3) is 0.429. The van der Waals surface area contributed by atoms with E-state index in [-0.39, 0.29) is 18.2 Å². The second-order valence-electron chi connectivity index (χ2n) is 5.35. The van der Waals surface area contributed by atoms with Crippen molar-refractivity contribution < 1.29 is 14.3 Å². The van der Waals surface area contributed by atoms with E-state index in [1.54, 1.807) is 25.2 Å². The molecule has 2 N–H and O–H groups in total. The fourth-order valence-corrected chi connectivity index (χ4v) is 2.08. The van der Waals surface area contributed by atoms with Crippen molar-refractivity contribution in [1.29, 1.82) is 0 Å². The number of fused-ring (bicyclic) bond motifs is 1. The van der Waals surface area contributed by atoms with E-state index >= 15 is 0 Å². The molecule has 2 rings (SSSR count). The first-order valence-electron chi connectivity index (χ1n) is 6.15. The molecule has 0 aliphatic carbocycles. The van der Waals surface area contributed by atoms with E-state index < -0.39 is 5.41 Å². The summed E-state index contributed by atoms with van der Waals surface area (Å²) in [7, 11) is 1.69. The van der Waals surface area contributed by atoms with E-state index in [1.807, 2.05) is 13.8 Å². The number of nitrogens with two attached hydrogens (primary N) is 1. The molecule has 0 unspecified atom stereocenters. The van der Waals surface area contributed by atoms with Crippen LogP contribution in [-0.2, 0) is 4.79 Å². The monoisotopic (exact) mass is 262 g/mol. The van der Waals surface area contributed by atoms with Crippen LogP contribution in [0.5, 0.6) is 5.75 Å². The van der Waals surface area contributed by atoms with Gasteiger partial charge in [-0.2, -0.15) is 0 Å². The van der Waals surface area contributed by atoms with Crippen molar-refractivity contribution in [3.63, 3.8) is 0 Å². The predicted molar refractivity (Wildman–Crippen MR) is 72.5 cm³/mol. The number of rotatable bonds is 2. The zero-order valence-electron chi connectivity index (χ0n) is 11.4. The summed E-state index contributed by atoms with van der Waals surface area (Å²) in [5, 5.41) is 0. The minimum atomic E-state index is -0.591. The van der Waals surface area contributed by atoms with Crippen LogP contribution in [0.15, 0.2) is 18.2 Å². The Morgan fingerprint density at radius 1 is 1.47 bits per heavy atom. The van der Waals surface area contributed by atoms with E-state index in [9.17, 15) is 9.59 Å². The van der Waals surface area contributed by atoms with Crippen molar-refractivity contribution in [2.45, 2.75) is 13.8 Å². The zero-order chi connectivity index (χ0) is 14.2. The minimum Gasteiger partial charge on any atom is -0.490 e. The molecule has 0 fully saturated rings. The van der Waals surface area contributed by atoms with E-state index in [0.717, 1.165) is 0 Å². The maximum atomic E-state index is 12.3. The molecule has 0 saturated carbocycles. The van der Waals surface area contributed by atoms with Gasteiger partial charge in [0.25, 0.3) is 0 Å². The number of Topliss-reactive ketones (excluding diaryl/α,β-unsaturated/α-hetero) is 1. The Morgan fingerprint density at radius 2 is 2.16 bits per heavy atom. The lowest BCUT2D eigenvalue weighted by atomic mass is 9.93. The SMILES string of the molecule is CN1C(=O)C(C)(C)COc2ccc(C(=O)CN)cc21. The maximum absolute atomic E-state index is 12.3. The number of anilines is 1. The van der Waals surface area contributed by atoms with Gasteiger partial charge in [0, 0.05) is 12.6 Å². The average molecular weight is 262 g/mol. The second-order valence-corrected chi connectivity index (χ2v) is 5.35. The number of carbonyl (C=O) groups is 2. The van der Waals surface area contributed by atoms with Crippen LogP contribution < -0.4 is 15.4 Å². The smallest absolute Gasteiger partial charge is 0.235 e. The third-order valence-electron chi connectivity index (χ3n) is 3.30. The van der Waals surface area contributed by atoms with E-state index in [2.05, 4.69) is 0 Å². The number of ether oxygens (including phenoxy) is 1. The summed E-state index contributed by atoms with van der Waals surface area (Å²) in [5.74, 6) is 0.408. The minimum absolute atomic E-state index is 0.0383. The van der Waals surface area contributed by atoms with E-state index in [4.69, 9.17) is 10.5 Å². The Kier molecular flexibility index (Phi) is 3.32. The molecule has 102 valence electrons. The van der Waals surface area contributed by atoms with Crippen molar-refractivity contribution in [2.24, 2.45) is 11.1 Å². The van der Waals surface area contributed by atoms with Gasteiger partial charge >= 0.3 is 0 Å². The van der Waals surface area contributed by atoms with Crippen molar-refractivity contribution in [2.75, 3.05) is 25.1 Å². The Morgan fingerprint density at radius 3 is 2.79 bits per heavy atom. The predicted octanol–water partition coefficient (Wildman–Crippen LogP) is 1.21. The van der Waals surface area contributed by atoms with Gasteiger partial charge in [0.2, 0.25) is 5.91 Å². The number of nitrogens with zero attached hydrogens (tertiary/aromatic N) is 1. The molecule has 0 aromatic heterocycles. The Labute approximate surface area is 112 Å². The molecule has 1 aromatic carbocycles. The molecule has 5 nitrogen and oxygen atoms in total. The first kappa shape index (κ1) is 13.5. The van der Waals surface area contributed by atoms with Gasteiger partial charge in [0.1, 0.15) is 12.4 Å². The van der Waals surface area contributed by atoms with Gasteiger partial charge in [0.05, 0.1) is 17.6 Å². The van der Waals surface area contributed by atoms with Crippen LogP contribution in [0.25, 0.3) is 0 Å². The summed E-state index contributed by atoms with van der Waals surface area (Å²) < 4.78 is 5.67. The lowest BCUT2D eigenvalue weighted by Crippen LogP contribution is -2.39. The van der Waals surface area contributed by atoms with Crippen molar-refractivity contribution in [1.82, 2.24) is 0 Å². The third kappa shape index (κ3) is 2.33. The van der Waals surface area contributed by atoms with Crippen LogP contribution in [0.2, 0.25) is 0 Å². The summed E-state index contributed by atoms with van der Waals surface area (Å²) in [5.41, 5.74) is 5.86. The van der Waals surface area contributed by atoms with Gasteiger partial charge < -0.3 is 15.4 Å². The van der Waals surface area contributed by atoms with Crippen molar-refractivity contribution >= 4 is 17.4 Å². The van der Waals surface area contributed by atoms with Crippen LogP contribution in [0.3, 0.4) is 0 Å². The first-order chi connectivity index (χ1) is 8.86. The summed E-state index contributed by atoms with van der Waals surface area (Å²) in [6, 6.07) is 5.04. The molecule has 1 aliphatic rings. The molecule has 19 heavy (non-hydrogen) atoms. The molecule has 5 heteroatoms. The lowest BCUT2D eigenvalue weighted by molar-refractivity contribution is -0.127. The number of amides is 1. The average Bonchev–Trinajstić information content (AvgIpc) is 2.49. The molecule has 1 aromatic rings. The summed E-state index contributed by atoms with van der Waals surface area (Å²) in [6.45, 7) is 3.93. The van der Waals surface area contributed by atoms with Gasteiger partial charge in [-0.25, -0.2) is 0 Å². The van der Waals surface area contributed by atoms with Crippen LogP contribution in [0.4, 0.5) is 5.69 Å². The standard InChI is InChI=1S/C14H18N2O3/c1-14(2)8-19-12-5-4-9(11(17)7-15)6-10(12)16(3)13(14)18/h4-6H,7-8,15H2,1-3H3. The Balaban J connectivity index is 2.48. The number of benzene rings is 1. The molecule has 0 spiro atoms. The van der Waals surface area contributed by atoms with Crippen LogP contribution in [0, 0.1) is 5.41 Å². The normalized spacial score (nSPS) is 17.5. The molecule has 1 heterocycles. The van der Waals surface area contributed by atoms with Gasteiger partial charge in [0.15, 0.2) is 5.78 Å². The molecule has 1 amide bonds. The highest BCUT2D eigenvalue weighted by Gasteiger charge is 2.36. The fourth-order valence-electron chi connectivity index (χ4n) is 2.08. The topological polar surface area (TPSA) is 72.6 Å². The van der Waals surface area contributed by atoms with Crippen molar-refractivity contribution in [3.05, 3.63) is 23.8 Å². The van der Waals surface area contributed by atoms with Gasteiger partial charge in [-0.05, 0) is 32.0 Å². The first-order valence-corrected chi connectivity index (χ1v) is 6.15. The number of hydrogen-bond donors (Lipinski definition) is 1. The molecular weight excluding hydrogens is 244 g/mol. The van der Waals surface area contributed by atoms with E-state index in [0.29, 0.717) is 23.6 Å². The summed E-state index contributed by atoms with van der Waals surface area (Å²) in [6.07, 6.45) is 0. The largest absolute Gasteiger partial charge is 0.490 e. The highest BCUT2D eigenvalue weighted by atomic mass is 16.5. The van der Waals surface area contributed by atoms with Crippen LogP contribution in [0.1, 0.15) is 24.2 Å². The van der Waals surface area contributed by atoms with Gasteiger partial charge in [-0.15, -0.1) is 0 Å². The van der Waals surface area contributed by atoms with E-state index in [1.165, 1.54) is 4.90 Å². The van der Waals surface area contributed by atoms with Gasteiger partial charge in [-0.3, -0.25) is 9.59 Å². The second kappa shape index (κ2) is 4.66. The maximum Gasteiger partial charge on any atom is 0.235 e. The highest BCUT2D eigenvalue weighted by molar-refractivity contribution is 6.02. The number of ketones is 1. The van der Waals surface area contributed by atoms with Crippen molar-refractivity contribution in [3.8, 4) is 5.75 Å². The quantitative estimate of drug-likeness (QED) is 0.813. The lowest BCUT2D eigenvalue weighted by Gasteiger charge is -2.24. The summed E-state index contributed by atoms with van der Waals surface area (Å²) in [4.78, 5) is 25.5. The van der Waals surface area contributed by atoms with Gasteiger partial charge in [-0.1, -0.05) is 0 Å². The van der Waals surface area contributed by atoms with Crippen LogP contribution >= 0.6 is 0 Å². The summed E-state index contributed by atoms with van der Waals surface area (Å²) >= 11 is 0. The molecule has 0 bridgehead atoms. The molecule has 0 atom stereocenters. The number of hydrogen-bond acceptors (Lipinski definition) is 4. The Hall–Kier alpha value is -1.88. The third-order valence-corrected chi connectivity index (χ3v) is 3.30. The molecular formula is C14H18N2O3. The highest BCUT2D eigenvalue weighted by Crippen LogP contribution is 2.36. The number of carbonyl (C=O) groups excluding carboxylic acids is 2. The molecule has 1 aliphatic heterocycles. The molecule has 0 radical (unpaired) electrons. The Bertz CT molecular complexity index is 537. The zero-order valence-corrected chi connectivity index (χ0v) is 11.4. The molecule has 0 saturated heterocycles. The van der Waals surface area contributed by atoms with Crippen LogP contribution in [-0.4, -0.2) is 31.9 Å².